The zero-order valence-corrected chi connectivity index (χ0v) is 15.4. The van der Waals surface area contributed by atoms with Crippen molar-refractivity contribution in [3.63, 3.8) is 0 Å². The predicted molar refractivity (Wildman–Crippen MR) is 92.0 cm³/mol. The number of aryl methyl sites for hydroxylation is 2. The summed E-state index contributed by atoms with van der Waals surface area (Å²) in [6.07, 6.45) is 0. The zero-order chi connectivity index (χ0) is 14.9. The van der Waals surface area contributed by atoms with Crippen LogP contribution in [0.25, 0.3) is 0 Å². The molecule has 4 heteroatoms. The lowest BCUT2D eigenvalue weighted by molar-refractivity contribution is 0.409. The van der Waals surface area contributed by atoms with Crippen LogP contribution in [0.3, 0.4) is 0 Å². The lowest BCUT2D eigenvalue weighted by Crippen LogP contribution is -1.99. The van der Waals surface area contributed by atoms with Gasteiger partial charge in [0.1, 0.15) is 5.75 Å². The summed E-state index contributed by atoms with van der Waals surface area (Å²) < 4.78 is 7.58. The molecule has 0 aliphatic rings. The van der Waals surface area contributed by atoms with Gasteiger partial charge in [-0.3, -0.25) is 0 Å². The molecule has 0 aliphatic heterocycles. The summed E-state index contributed by atoms with van der Waals surface area (Å²) in [7, 11) is 1.67. The molecule has 0 heterocycles. The number of rotatable bonds is 3. The topological polar surface area (TPSA) is 9.23 Å². The van der Waals surface area contributed by atoms with Crippen LogP contribution in [-0.4, -0.2) is 7.11 Å². The minimum absolute atomic E-state index is 0.242. The highest BCUT2D eigenvalue weighted by molar-refractivity contribution is 9.10. The highest BCUT2D eigenvalue weighted by Crippen LogP contribution is 2.38. The first-order chi connectivity index (χ1) is 9.43. The van der Waals surface area contributed by atoms with Crippen LogP contribution in [0.15, 0.2) is 39.3 Å². The van der Waals surface area contributed by atoms with Gasteiger partial charge in [-0.15, -0.1) is 11.6 Å². The molecular formula is C16H15Br2ClO. The lowest BCUT2D eigenvalue weighted by atomic mass is 10.0. The summed E-state index contributed by atoms with van der Waals surface area (Å²) in [5, 5.41) is -0.242. The van der Waals surface area contributed by atoms with Crippen LogP contribution in [0, 0.1) is 13.8 Å². The smallest absolute Gasteiger partial charge is 0.124 e. The Morgan fingerprint density at radius 3 is 2.25 bits per heavy atom. The van der Waals surface area contributed by atoms with Gasteiger partial charge in [0.15, 0.2) is 0 Å². The molecule has 0 saturated carbocycles. The minimum Gasteiger partial charge on any atom is -0.496 e. The Morgan fingerprint density at radius 2 is 1.65 bits per heavy atom. The Kier molecular flexibility index (Phi) is 5.16. The Labute approximate surface area is 141 Å². The average molecular weight is 419 g/mol. The fraction of sp³-hybridized carbons (Fsp3) is 0.250. The molecule has 0 aliphatic carbocycles. The fourth-order valence-electron chi connectivity index (χ4n) is 2.05. The standard InChI is InChI=1S/C16H15Br2ClO/c1-9-6-11(4-5-13(9)17)16(19)12-8-14(18)10(2)7-15(12)20-3/h4-8,16H,1-3H3. The highest BCUT2D eigenvalue weighted by atomic mass is 79.9. The number of ether oxygens (including phenoxy) is 1. The summed E-state index contributed by atoms with van der Waals surface area (Å²) in [4.78, 5) is 0. The Balaban J connectivity index is 2.49. The van der Waals surface area contributed by atoms with Gasteiger partial charge in [-0.2, -0.15) is 0 Å². The Bertz CT molecular complexity index is 641. The normalized spacial score (nSPS) is 12.3. The van der Waals surface area contributed by atoms with E-state index < -0.39 is 0 Å². The second kappa shape index (κ2) is 6.50. The van der Waals surface area contributed by atoms with Gasteiger partial charge in [0.05, 0.1) is 12.5 Å². The Hall–Kier alpha value is -0.510. The number of halogens is 3. The predicted octanol–water partition coefficient (Wildman–Crippen LogP) is 6.17. The molecule has 1 atom stereocenters. The van der Waals surface area contributed by atoms with Crippen molar-refractivity contribution in [2.24, 2.45) is 0 Å². The maximum Gasteiger partial charge on any atom is 0.124 e. The first kappa shape index (κ1) is 15.9. The molecule has 2 aromatic carbocycles. The van der Waals surface area contributed by atoms with E-state index in [-0.39, 0.29) is 5.38 Å². The van der Waals surface area contributed by atoms with Gasteiger partial charge >= 0.3 is 0 Å². The van der Waals surface area contributed by atoms with Gasteiger partial charge in [-0.05, 0) is 48.7 Å². The van der Waals surface area contributed by atoms with Crippen molar-refractivity contribution >= 4 is 43.5 Å². The van der Waals surface area contributed by atoms with Gasteiger partial charge in [0.2, 0.25) is 0 Å². The molecule has 0 aromatic heterocycles. The quantitative estimate of drug-likeness (QED) is 0.542. The summed E-state index contributed by atoms with van der Waals surface area (Å²) in [6.45, 7) is 4.09. The van der Waals surface area contributed by atoms with Crippen molar-refractivity contribution in [3.05, 3.63) is 61.5 Å². The summed E-state index contributed by atoms with van der Waals surface area (Å²) in [6, 6.07) is 10.2. The third-order valence-electron chi connectivity index (χ3n) is 3.26. The zero-order valence-electron chi connectivity index (χ0n) is 11.5. The van der Waals surface area contributed by atoms with Gasteiger partial charge in [0.25, 0.3) is 0 Å². The van der Waals surface area contributed by atoms with E-state index in [2.05, 4.69) is 44.8 Å². The van der Waals surface area contributed by atoms with Gasteiger partial charge in [-0.1, -0.05) is 44.0 Å². The molecule has 2 rings (SSSR count). The summed E-state index contributed by atoms with van der Waals surface area (Å²) in [5.74, 6) is 0.811. The van der Waals surface area contributed by atoms with Crippen molar-refractivity contribution in [2.45, 2.75) is 19.2 Å². The van der Waals surface area contributed by atoms with Crippen molar-refractivity contribution < 1.29 is 4.74 Å². The molecule has 0 spiro atoms. The minimum atomic E-state index is -0.242. The third kappa shape index (κ3) is 3.21. The molecule has 20 heavy (non-hydrogen) atoms. The fourth-order valence-corrected chi connectivity index (χ4v) is 2.96. The van der Waals surface area contributed by atoms with E-state index in [1.54, 1.807) is 7.11 Å². The molecule has 106 valence electrons. The SMILES string of the molecule is COc1cc(C)c(Br)cc1C(Cl)c1ccc(Br)c(C)c1. The van der Waals surface area contributed by atoms with Crippen LogP contribution >= 0.6 is 43.5 Å². The number of alkyl halides is 1. The molecule has 2 aromatic rings. The first-order valence-electron chi connectivity index (χ1n) is 6.18. The number of methoxy groups -OCH3 is 1. The molecule has 0 fully saturated rings. The van der Waals surface area contributed by atoms with Crippen LogP contribution in [0.5, 0.6) is 5.75 Å². The molecule has 0 radical (unpaired) electrons. The van der Waals surface area contributed by atoms with Crippen LogP contribution in [0.1, 0.15) is 27.6 Å². The number of benzene rings is 2. The van der Waals surface area contributed by atoms with Crippen molar-refractivity contribution in [1.29, 1.82) is 0 Å². The number of hydrogen-bond donors (Lipinski definition) is 0. The van der Waals surface area contributed by atoms with E-state index in [4.69, 9.17) is 16.3 Å². The molecule has 1 unspecified atom stereocenters. The number of hydrogen-bond acceptors (Lipinski definition) is 1. The Morgan fingerprint density at radius 1 is 1.00 bits per heavy atom. The van der Waals surface area contributed by atoms with Crippen LogP contribution in [0.4, 0.5) is 0 Å². The molecule has 0 saturated heterocycles. The molecule has 0 N–H and O–H groups in total. The van der Waals surface area contributed by atoms with Crippen molar-refractivity contribution in [3.8, 4) is 5.75 Å². The largest absolute Gasteiger partial charge is 0.496 e. The van der Waals surface area contributed by atoms with E-state index in [0.29, 0.717) is 0 Å². The van der Waals surface area contributed by atoms with E-state index in [0.717, 1.165) is 31.4 Å². The summed E-state index contributed by atoms with van der Waals surface area (Å²) >= 11 is 13.7. The van der Waals surface area contributed by atoms with Gasteiger partial charge in [0, 0.05) is 14.5 Å². The van der Waals surface area contributed by atoms with E-state index >= 15 is 0 Å². The van der Waals surface area contributed by atoms with Gasteiger partial charge in [-0.25, -0.2) is 0 Å². The second-order valence-corrected chi connectivity index (χ2v) is 6.86. The maximum atomic E-state index is 6.65. The van der Waals surface area contributed by atoms with E-state index in [9.17, 15) is 0 Å². The molecule has 0 bridgehead atoms. The summed E-state index contributed by atoms with van der Waals surface area (Å²) in [5.41, 5.74) is 4.31. The average Bonchev–Trinajstić information content (AvgIpc) is 2.43. The molecule has 0 amide bonds. The highest BCUT2D eigenvalue weighted by Gasteiger charge is 2.18. The van der Waals surface area contributed by atoms with Crippen LogP contribution in [0.2, 0.25) is 0 Å². The van der Waals surface area contributed by atoms with E-state index in [1.807, 2.05) is 31.2 Å². The molecular weight excluding hydrogens is 403 g/mol. The lowest BCUT2D eigenvalue weighted by Gasteiger charge is -2.17. The van der Waals surface area contributed by atoms with Gasteiger partial charge < -0.3 is 4.74 Å². The first-order valence-corrected chi connectivity index (χ1v) is 8.20. The second-order valence-electron chi connectivity index (χ2n) is 4.71. The molecule has 1 nitrogen and oxygen atoms in total. The monoisotopic (exact) mass is 416 g/mol. The maximum absolute atomic E-state index is 6.65. The van der Waals surface area contributed by atoms with Crippen LogP contribution < -0.4 is 4.74 Å². The third-order valence-corrected chi connectivity index (χ3v) is 5.49. The van der Waals surface area contributed by atoms with E-state index in [1.165, 1.54) is 5.56 Å². The van der Waals surface area contributed by atoms with Crippen LogP contribution in [-0.2, 0) is 0 Å². The van der Waals surface area contributed by atoms with Crippen molar-refractivity contribution in [2.75, 3.05) is 7.11 Å². The van der Waals surface area contributed by atoms with Crippen molar-refractivity contribution in [1.82, 2.24) is 0 Å².